The van der Waals surface area contributed by atoms with E-state index in [0.717, 1.165) is 27.0 Å². The SMILES string of the molecule is Cc1ccc(Cc2cc(=O)[nH]c3cc(NC(=O)CN(CCN(CCN(CC(=O)O)CC(=O)O)CC(=O)O)CC(=O)O)ccc23)cc1. The first kappa shape index (κ1) is 35.4. The number of aromatic nitrogens is 1. The van der Waals surface area contributed by atoms with E-state index in [4.69, 9.17) is 10.2 Å². The van der Waals surface area contributed by atoms with Crippen LogP contribution in [0, 0.1) is 6.92 Å². The molecular weight excluding hydrogens is 602 g/mol. The molecule has 2 aromatic carbocycles. The molecule has 1 heterocycles. The molecule has 0 fully saturated rings. The molecule has 0 aliphatic rings. The first-order valence-electron chi connectivity index (χ1n) is 14.3. The summed E-state index contributed by atoms with van der Waals surface area (Å²) in [5.74, 6) is -5.44. The predicted octanol–water partition coefficient (Wildman–Crippen LogP) is 0.610. The Bertz CT molecular complexity index is 1610. The van der Waals surface area contributed by atoms with E-state index >= 15 is 0 Å². The molecule has 3 rings (SSSR count). The summed E-state index contributed by atoms with van der Waals surface area (Å²) in [7, 11) is 0. The van der Waals surface area contributed by atoms with Gasteiger partial charge in [0.15, 0.2) is 0 Å². The van der Waals surface area contributed by atoms with Gasteiger partial charge in [-0.15, -0.1) is 0 Å². The Hall–Kier alpha value is -5.12. The van der Waals surface area contributed by atoms with Crippen molar-refractivity contribution in [2.75, 3.05) is 64.2 Å². The summed E-state index contributed by atoms with van der Waals surface area (Å²) in [5.41, 5.74) is 3.56. The molecule has 15 nitrogen and oxygen atoms in total. The highest BCUT2D eigenvalue weighted by Gasteiger charge is 2.20. The van der Waals surface area contributed by atoms with E-state index in [1.807, 2.05) is 31.2 Å². The molecule has 3 aromatic rings. The highest BCUT2D eigenvalue weighted by molar-refractivity contribution is 5.95. The van der Waals surface area contributed by atoms with Gasteiger partial charge in [-0.3, -0.25) is 43.5 Å². The van der Waals surface area contributed by atoms with Crippen LogP contribution in [0.1, 0.15) is 16.7 Å². The quantitative estimate of drug-likeness (QED) is 0.106. The lowest BCUT2D eigenvalue weighted by molar-refractivity contribution is -0.143. The molecule has 0 bridgehead atoms. The molecule has 0 saturated carbocycles. The maximum absolute atomic E-state index is 12.9. The maximum Gasteiger partial charge on any atom is 0.317 e. The van der Waals surface area contributed by atoms with E-state index in [1.54, 1.807) is 18.2 Å². The number of nitrogens with zero attached hydrogens (tertiary/aromatic N) is 3. The summed E-state index contributed by atoms with van der Waals surface area (Å²) >= 11 is 0. The van der Waals surface area contributed by atoms with Crippen LogP contribution < -0.4 is 10.9 Å². The number of amides is 1. The summed E-state index contributed by atoms with van der Waals surface area (Å²) in [6, 6.07) is 14.6. The second-order valence-electron chi connectivity index (χ2n) is 10.9. The summed E-state index contributed by atoms with van der Waals surface area (Å²) in [6.45, 7) is -0.578. The molecule has 0 aliphatic carbocycles. The molecule has 6 N–H and O–H groups in total. The third kappa shape index (κ3) is 12.1. The van der Waals surface area contributed by atoms with Crippen molar-refractivity contribution in [3.63, 3.8) is 0 Å². The van der Waals surface area contributed by atoms with E-state index in [9.17, 15) is 39.0 Å². The number of carbonyl (C=O) groups excluding carboxylic acids is 1. The number of aryl methyl sites for hydroxylation is 1. The summed E-state index contributed by atoms with van der Waals surface area (Å²) in [6.07, 6.45) is 0.534. The molecular formula is C31H37N5O10. The fraction of sp³-hybridized carbons (Fsp3) is 0.355. The molecule has 0 atom stereocenters. The van der Waals surface area contributed by atoms with Gasteiger partial charge in [0.2, 0.25) is 11.5 Å². The number of anilines is 1. The predicted molar refractivity (Wildman–Crippen MR) is 167 cm³/mol. The third-order valence-electron chi connectivity index (χ3n) is 7.00. The van der Waals surface area contributed by atoms with Crippen LogP contribution in [0.2, 0.25) is 0 Å². The lowest BCUT2D eigenvalue weighted by atomic mass is 10.0. The zero-order valence-corrected chi connectivity index (χ0v) is 25.3. The van der Waals surface area contributed by atoms with E-state index < -0.39 is 56.0 Å². The Kier molecular flexibility index (Phi) is 12.9. The van der Waals surface area contributed by atoms with Gasteiger partial charge >= 0.3 is 23.9 Å². The van der Waals surface area contributed by atoms with Crippen LogP contribution >= 0.6 is 0 Å². The van der Waals surface area contributed by atoms with Gasteiger partial charge < -0.3 is 30.7 Å². The lowest BCUT2D eigenvalue weighted by Crippen LogP contribution is -2.46. The standard InChI is InChI=1S/C31H37N5O10/c1-20-2-4-21(5-3-20)12-22-13-26(37)33-25-14-23(6-7-24(22)25)32-27(38)15-35(17-29(41)42)10-8-34(16-28(39)40)9-11-36(18-30(43)44)19-31(45)46/h2-7,13-14H,8-12,15-19H2,1H3,(H,32,38)(H,33,37)(H,39,40)(H,41,42)(H,43,44)(H,45,46). The number of H-pyrrole nitrogens is 1. The zero-order chi connectivity index (χ0) is 33.8. The van der Waals surface area contributed by atoms with Crippen molar-refractivity contribution < 1.29 is 44.4 Å². The van der Waals surface area contributed by atoms with Crippen LogP contribution in [0.25, 0.3) is 10.9 Å². The number of carboxylic acids is 4. The molecule has 0 aliphatic heterocycles. The monoisotopic (exact) mass is 639 g/mol. The lowest BCUT2D eigenvalue weighted by Gasteiger charge is -2.27. The summed E-state index contributed by atoms with van der Waals surface area (Å²) < 4.78 is 0. The van der Waals surface area contributed by atoms with Gasteiger partial charge in [-0.1, -0.05) is 35.9 Å². The molecule has 1 aromatic heterocycles. The number of benzene rings is 2. The second-order valence-corrected chi connectivity index (χ2v) is 10.9. The topological polar surface area (TPSA) is 221 Å². The van der Waals surface area contributed by atoms with Crippen LogP contribution in [0.4, 0.5) is 5.69 Å². The Labute approximate surface area is 263 Å². The smallest absolute Gasteiger partial charge is 0.317 e. The summed E-state index contributed by atoms with van der Waals surface area (Å²) in [5, 5.41) is 40.3. The van der Waals surface area contributed by atoms with E-state index in [0.29, 0.717) is 17.6 Å². The molecule has 246 valence electrons. The van der Waals surface area contributed by atoms with Crippen molar-refractivity contribution in [2.24, 2.45) is 0 Å². The van der Waals surface area contributed by atoms with Gasteiger partial charge in [-0.05, 0) is 36.6 Å². The van der Waals surface area contributed by atoms with Crippen LogP contribution in [0.15, 0.2) is 53.3 Å². The molecule has 0 saturated heterocycles. The van der Waals surface area contributed by atoms with Crippen LogP contribution in [-0.4, -0.2) is 129 Å². The minimum absolute atomic E-state index is 0.00180. The first-order valence-corrected chi connectivity index (χ1v) is 14.3. The Morgan fingerprint density at radius 3 is 1.72 bits per heavy atom. The van der Waals surface area contributed by atoms with Gasteiger partial charge in [0.25, 0.3) is 0 Å². The molecule has 0 spiro atoms. The normalized spacial score (nSPS) is 11.3. The number of aliphatic carboxylic acids is 4. The number of pyridine rings is 1. The van der Waals surface area contributed by atoms with E-state index in [1.165, 1.54) is 15.9 Å². The minimum Gasteiger partial charge on any atom is -0.480 e. The van der Waals surface area contributed by atoms with Gasteiger partial charge in [0.05, 0.1) is 38.2 Å². The van der Waals surface area contributed by atoms with Crippen molar-refractivity contribution in [1.82, 2.24) is 19.7 Å². The first-order chi connectivity index (χ1) is 21.8. The Morgan fingerprint density at radius 1 is 0.674 bits per heavy atom. The molecule has 0 unspecified atom stereocenters. The molecule has 46 heavy (non-hydrogen) atoms. The van der Waals surface area contributed by atoms with Gasteiger partial charge in [0, 0.05) is 43.3 Å². The van der Waals surface area contributed by atoms with Gasteiger partial charge in [-0.25, -0.2) is 0 Å². The Morgan fingerprint density at radius 2 is 1.17 bits per heavy atom. The largest absolute Gasteiger partial charge is 0.480 e. The Balaban J connectivity index is 1.67. The van der Waals surface area contributed by atoms with E-state index in [-0.39, 0.29) is 38.3 Å². The number of nitrogens with one attached hydrogen (secondary N) is 2. The molecule has 15 heteroatoms. The number of aromatic amines is 1. The molecule has 1 amide bonds. The van der Waals surface area contributed by atoms with Crippen molar-refractivity contribution in [1.29, 1.82) is 0 Å². The zero-order valence-electron chi connectivity index (χ0n) is 25.3. The minimum atomic E-state index is -1.25. The highest BCUT2D eigenvalue weighted by Crippen LogP contribution is 2.22. The van der Waals surface area contributed by atoms with Crippen LogP contribution in [0.3, 0.4) is 0 Å². The average molecular weight is 640 g/mol. The average Bonchev–Trinajstić information content (AvgIpc) is 2.94. The highest BCUT2D eigenvalue weighted by atomic mass is 16.4. The van der Waals surface area contributed by atoms with Crippen molar-refractivity contribution in [3.05, 3.63) is 75.6 Å². The number of hydrogen-bond donors (Lipinski definition) is 6. The van der Waals surface area contributed by atoms with Gasteiger partial charge in [0.1, 0.15) is 0 Å². The van der Waals surface area contributed by atoms with Gasteiger partial charge in [-0.2, -0.15) is 0 Å². The summed E-state index contributed by atoms with van der Waals surface area (Å²) in [4.78, 5) is 77.0. The van der Waals surface area contributed by atoms with Crippen molar-refractivity contribution in [2.45, 2.75) is 13.3 Å². The third-order valence-corrected chi connectivity index (χ3v) is 7.00. The van der Waals surface area contributed by atoms with Crippen molar-refractivity contribution >= 4 is 46.4 Å². The number of carboxylic acid groups (broad SMARTS) is 4. The number of hydrogen-bond acceptors (Lipinski definition) is 9. The van der Waals surface area contributed by atoms with Crippen LogP contribution in [-0.2, 0) is 30.4 Å². The van der Waals surface area contributed by atoms with Crippen molar-refractivity contribution in [3.8, 4) is 0 Å². The fourth-order valence-electron chi connectivity index (χ4n) is 4.91. The molecule has 0 radical (unpaired) electrons. The van der Waals surface area contributed by atoms with Crippen LogP contribution in [0.5, 0.6) is 0 Å². The number of carbonyl (C=O) groups is 5. The fourth-order valence-corrected chi connectivity index (χ4v) is 4.91. The maximum atomic E-state index is 12.9. The number of fused-ring (bicyclic) bond motifs is 1. The number of rotatable bonds is 19. The second kappa shape index (κ2) is 16.8. The van der Waals surface area contributed by atoms with E-state index in [2.05, 4.69) is 10.3 Å².